The van der Waals surface area contributed by atoms with E-state index < -0.39 is 5.54 Å². The van der Waals surface area contributed by atoms with Crippen LogP contribution in [0.3, 0.4) is 0 Å². The molecule has 0 aromatic heterocycles. The zero-order valence-electron chi connectivity index (χ0n) is 10.8. The maximum Gasteiger partial charge on any atom is 0.346 e. The van der Waals surface area contributed by atoms with E-state index in [9.17, 15) is 4.79 Å². The summed E-state index contributed by atoms with van der Waals surface area (Å²) in [5, 5.41) is 0. The lowest BCUT2D eigenvalue weighted by atomic mass is 9.77. The standard InChI is InChI=1S/C12H21N3O2/c1-8(2)15-11(16)14-10(13)12(15)7-5-4-6-9(12)17-3/h8-9H,4-7H2,1-3H3,(H2,13,14,16). The molecule has 2 amide bonds. The molecule has 1 aliphatic heterocycles. The minimum absolute atomic E-state index is 0.0335. The Morgan fingerprint density at radius 3 is 2.82 bits per heavy atom. The number of carbonyl (C=O) groups excluding carboxylic acids is 1. The summed E-state index contributed by atoms with van der Waals surface area (Å²) in [7, 11) is 1.69. The molecule has 1 fully saturated rings. The first-order valence-corrected chi connectivity index (χ1v) is 6.24. The number of nitrogens with zero attached hydrogens (tertiary/aromatic N) is 2. The number of aliphatic imine (C=N–C) groups is 1. The number of rotatable bonds is 2. The number of hydrogen-bond donors (Lipinski definition) is 1. The molecule has 5 heteroatoms. The van der Waals surface area contributed by atoms with Gasteiger partial charge in [-0.15, -0.1) is 0 Å². The fourth-order valence-electron chi connectivity index (χ4n) is 3.23. The van der Waals surface area contributed by atoms with Crippen molar-refractivity contribution in [2.75, 3.05) is 7.11 Å². The van der Waals surface area contributed by atoms with Gasteiger partial charge in [0.25, 0.3) is 0 Å². The van der Waals surface area contributed by atoms with Gasteiger partial charge in [0.15, 0.2) is 0 Å². The first kappa shape index (κ1) is 12.4. The molecule has 1 spiro atoms. The Labute approximate surface area is 102 Å². The zero-order chi connectivity index (χ0) is 12.6. The van der Waals surface area contributed by atoms with Crippen LogP contribution in [0, 0.1) is 0 Å². The molecule has 2 aliphatic rings. The van der Waals surface area contributed by atoms with Gasteiger partial charge in [-0.05, 0) is 26.7 Å². The van der Waals surface area contributed by atoms with Gasteiger partial charge in [0.05, 0.1) is 6.10 Å². The Kier molecular flexibility index (Phi) is 3.12. The highest BCUT2D eigenvalue weighted by Gasteiger charge is 2.55. The van der Waals surface area contributed by atoms with Crippen LogP contribution in [0.2, 0.25) is 0 Å². The Balaban J connectivity index is 2.43. The average Bonchev–Trinajstić information content (AvgIpc) is 2.51. The van der Waals surface area contributed by atoms with Crippen LogP contribution in [0.4, 0.5) is 4.79 Å². The lowest BCUT2D eigenvalue weighted by Gasteiger charge is -2.47. The van der Waals surface area contributed by atoms with Crippen molar-refractivity contribution in [3.05, 3.63) is 0 Å². The van der Waals surface area contributed by atoms with E-state index in [1.807, 2.05) is 13.8 Å². The molecular weight excluding hydrogens is 218 g/mol. The van der Waals surface area contributed by atoms with Crippen LogP contribution in [0.5, 0.6) is 0 Å². The van der Waals surface area contributed by atoms with Gasteiger partial charge in [-0.25, -0.2) is 4.79 Å². The van der Waals surface area contributed by atoms with Gasteiger partial charge >= 0.3 is 6.03 Å². The summed E-state index contributed by atoms with van der Waals surface area (Å²) in [5.41, 5.74) is 5.53. The molecule has 96 valence electrons. The average molecular weight is 239 g/mol. The fourth-order valence-corrected chi connectivity index (χ4v) is 3.23. The van der Waals surface area contributed by atoms with E-state index in [2.05, 4.69) is 4.99 Å². The minimum atomic E-state index is -0.502. The molecule has 1 saturated carbocycles. The van der Waals surface area contributed by atoms with E-state index in [1.165, 1.54) is 0 Å². The highest BCUT2D eigenvalue weighted by molar-refractivity contribution is 6.06. The Morgan fingerprint density at radius 1 is 1.53 bits per heavy atom. The Morgan fingerprint density at radius 2 is 2.24 bits per heavy atom. The summed E-state index contributed by atoms with van der Waals surface area (Å²) < 4.78 is 5.57. The minimum Gasteiger partial charge on any atom is -0.385 e. The summed E-state index contributed by atoms with van der Waals surface area (Å²) in [4.78, 5) is 17.7. The number of urea groups is 1. The molecule has 0 saturated heterocycles. The largest absolute Gasteiger partial charge is 0.385 e. The first-order chi connectivity index (χ1) is 8.04. The first-order valence-electron chi connectivity index (χ1n) is 6.24. The Bertz CT molecular complexity index is 354. The van der Waals surface area contributed by atoms with Crippen LogP contribution in [-0.2, 0) is 4.74 Å². The predicted octanol–water partition coefficient (Wildman–Crippen LogP) is 1.52. The third-order valence-electron chi connectivity index (χ3n) is 3.90. The Hall–Kier alpha value is -1.10. The van der Waals surface area contributed by atoms with Crippen molar-refractivity contribution in [1.29, 1.82) is 0 Å². The molecule has 2 rings (SSSR count). The highest BCUT2D eigenvalue weighted by Crippen LogP contribution is 2.40. The third kappa shape index (κ3) is 1.64. The van der Waals surface area contributed by atoms with Gasteiger partial charge in [-0.2, -0.15) is 4.99 Å². The van der Waals surface area contributed by atoms with E-state index in [-0.39, 0.29) is 18.2 Å². The quantitative estimate of drug-likeness (QED) is 0.794. The molecule has 1 aliphatic carbocycles. The monoisotopic (exact) mass is 239 g/mol. The second-order valence-corrected chi connectivity index (χ2v) is 5.14. The molecule has 2 unspecified atom stereocenters. The van der Waals surface area contributed by atoms with Crippen LogP contribution >= 0.6 is 0 Å². The molecule has 2 atom stereocenters. The van der Waals surface area contributed by atoms with Gasteiger partial charge in [0, 0.05) is 13.2 Å². The fraction of sp³-hybridized carbons (Fsp3) is 0.833. The van der Waals surface area contributed by atoms with Crippen LogP contribution in [-0.4, -0.2) is 41.6 Å². The maximum atomic E-state index is 12.0. The number of ether oxygens (including phenoxy) is 1. The molecular formula is C12H21N3O2. The lowest BCUT2D eigenvalue weighted by molar-refractivity contribution is -0.0293. The molecule has 0 radical (unpaired) electrons. The molecule has 1 heterocycles. The van der Waals surface area contributed by atoms with Gasteiger partial charge in [0.2, 0.25) is 0 Å². The number of amidine groups is 1. The number of methoxy groups -OCH3 is 1. The van der Waals surface area contributed by atoms with Crippen LogP contribution < -0.4 is 5.73 Å². The molecule has 0 aromatic rings. The molecule has 17 heavy (non-hydrogen) atoms. The molecule has 5 nitrogen and oxygen atoms in total. The van der Waals surface area contributed by atoms with Crippen LogP contribution in [0.15, 0.2) is 4.99 Å². The number of amides is 2. The van der Waals surface area contributed by atoms with E-state index in [0.717, 1.165) is 25.7 Å². The van der Waals surface area contributed by atoms with Crippen molar-refractivity contribution in [2.24, 2.45) is 10.7 Å². The van der Waals surface area contributed by atoms with Gasteiger partial charge < -0.3 is 15.4 Å². The van der Waals surface area contributed by atoms with E-state index in [1.54, 1.807) is 12.0 Å². The number of carbonyl (C=O) groups is 1. The number of hydrogen-bond acceptors (Lipinski definition) is 3. The van der Waals surface area contributed by atoms with E-state index >= 15 is 0 Å². The number of nitrogens with two attached hydrogens (primary N) is 1. The van der Waals surface area contributed by atoms with Crippen molar-refractivity contribution in [2.45, 2.75) is 57.2 Å². The molecule has 0 bridgehead atoms. The van der Waals surface area contributed by atoms with Crippen molar-refractivity contribution >= 4 is 11.9 Å². The summed E-state index contributed by atoms with van der Waals surface area (Å²) in [6, 6.07) is -0.135. The van der Waals surface area contributed by atoms with Gasteiger partial charge in [0.1, 0.15) is 11.4 Å². The van der Waals surface area contributed by atoms with Crippen molar-refractivity contribution in [3.8, 4) is 0 Å². The smallest absolute Gasteiger partial charge is 0.346 e. The van der Waals surface area contributed by atoms with Gasteiger partial charge in [-0.1, -0.05) is 12.8 Å². The predicted molar refractivity (Wildman–Crippen MR) is 66.0 cm³/mol. The second kappa shape index (κ2) is 4.29. The van der Waals surface area contributed by atoms with Crippen molar-refractivity contribution < 1.29 is 9.53 Å². The third-order valence-corrected chi connectivity index (χ3v) is 3.90. The summed E-state index contributed by atoms with van der Waals surface area (Å²) >= 11 is 0. The lowest BCUT2D eigenvalue weighted by Crippen LogP contribution is -2.65. The zero-order valence-corrected chi connectivity index (χ0v) is 10.8. The normalized spacial score (nSPS) is 33.6. The van der Waals surface area contributed by atoms with E-state index in [0.29, 0.717) is 5.84 Å². The second-order valence-electron chi connectivity index (χ2n) is 5.14. The van der Waals surface area contributed by atoms with Crippen molar-refractivity contribution in [1.82, 2.24) is 4.90 Å². The molecule has 2 N–H and O–H groups in total. The topological polar surface area (TPSA) is 67.9 Å². The summed E-state index contributed by atoms with van der Waals surface area (Å²) in [5.74, 6) is 0.433. The molecule has 0 aromatic carbocycles. The van der Waals surface area contributed by atoms with E-state index in [4.69, 9.17) is 10.5 Å². The van der Waals surface area contributed by atoms with Crippen LogP contribution in [0.25, 0.3) is 0 Å². The van der Waals surface area contributed by atoms with Gasteiger partial charge in [-0.3, -0.25) is 0 Å². The summed E-state index contributed by atoms with van der Waals surface area (Å²) in [6.45, 7) is 3.99. The highest BCUT2D eigenvalue weighted by atomic mass is 16.5. The summed E-state index contributed by atoms with van der Waals surface area (Å²) in [6.07, 6.45) is 3.93. The SMILES string of the molecule is COC1CCCCC12C(N)=NC(=O)N2C(C)C. The maximum absolute atomic E-state index is 12.0. The van der Waals surface area contributed by atoms with Crippen LogP contribution in [0.1, 0.15) is 39.5 Å². The van der Waals surface area contributed by atoms with Crippen molar-refractivity contribution in [3.63, 3.8) is 0 Å².